The van der Waals surface area contributed by atoms with E-state index in [0.717, 1.165) is 44.7 Å². The van der Waals surface area contributed by atoms with Crippen molar-refractivity contribution in [2.75, 3.05) is 47.6 Å². The standard InChI is InChI=1S/C32H63NO4/c1-5-6-7-8-14-19-24-36-27-31(33(2)3)28-37-25-20-15-10-9-11-16-21-29-26-30(29)22-17-12-13-18-23-32(34)35-4/h29-31H,5-28H2,1-4H3. The molecule has 220 valence electrons. The summed E-state index contributed by atoms with van der Waals surface area (Å²) in [4.78, 5) is 13.3. The maximum Gasteiger partial charge on any atom is 0.305 e. The van der Waals surface area contributed by atoms with Crippen LogP contribution in [0.5, 0.6) is 0 Å². The van der Waals surface area contributed by atoms with Gasteiger partial charge in [-0.05, 0) is 51.6 Å². The van der Waals surface area contributed by atoms with Crippen molar-refractivity contribution in [1.29, 1.82) is 0 Å². The zero-order chi connectivity index (χ0) is 27.0. The SMILES string of the molecule is CCCCCCCCOCC(COCCCCCCCCC1CC1CCCCCCC(=O)OC)N(C)C. The first kappa shape index (κ1) is 34.4. The summed E-state index contributed by atoms with van der Waals surface area (Å²) >= 11 is 0. The van der Waals surface area contributed by atoms with Crippen molar-refractivity contribution in [3.63, 3.8) is 0 Å². The molecule has 1 aliphatic rings. The van der Waals surface area contributed by atoms with Crippen LogP contribution in [0.2, 0.25) is 0 Å². The Labute approximate surface area is 230 Å². The van der Waals surface area contributed by atoms with Crippen molar-refractivity contribution in [3.05, 3.63) is 0 Å². The molecule has 1 aliphatic carbocycles. The molecule has 0 heterocycles. The van der Waals surface area contributed by atoms with Gasteiger partial charge in [0, 0.05) is 19.6 Å². The van der Waals surface area contributed by atoms with Crippen molar-refractivity contribution >= 4 is 5.97 Å². The number of unbranched alkanes of at least 4 members (excludes halogenated alkanes) is 13. The third-order valence-electron chi connectivity index (χ3n) is 8.11. The van der Waals surface area contributed by atoms with E-state index in [1.807, 2.05) is 0 Å². The van der Waals surface area contributed by atoms with Gasteiger partial charge in [-0.15, -0.1) is 0 Å². The number of nitrogens with zero attached hydrogens (tertiary/aromatic N) is 1. The molecule has 3 unspecified atom stereocenters. The highest BCUT2D eigenvalue weighted by molar-refractivity contribution is 5.68. The van der Waals surface area contributed by atoms with Gasteiger partial charge in [-0.1, -0.05) is 103 Å². The van der Waals surface area contributed by atoms with Crippen LogP contribution in [-0.4, -0.2) is 64.5 Å². The lowest BCUT2D eigenvalue weighted by Crippen LogP contribution is -2.37. The molecule has 0 aliphatic heterocycles. The van der Waals surface area contributed by atoms with Gasteiger partial charge in [0.15, 0.2) is 0 Å². The zero-order valence-corrected chi connectivity index (χ0v) is 25.3. The van der Waals surface area contributed by atoms with Crippen molar-refractivity contribution in [3.8, 4) is 0 Å². The van der Waals surface area contributed by atoms with Gasteiger partial charge in [0.1, 0.15) is 0 Å². The molecule has 5 heteroatoms. The highest BCUT2D eigenvalue weighted by Gasteiger charge is 2.35. The van der Waals surface area contributed by atoms with Gasteiger partial charge in [-0.2, -0.15) is 0 Å². The molecule has 0 aromatic heterocycles. The Hall–Kier alpha value is -0.650. The molecule has 0 aromatic rings. The third-order valence-corrected chi connectivity index (χ3v) is 8.11. The lowest BCUT2D eigenvalue weighted by molar-refractivity contribution is -0.140. The van der Waals surface area contributed by atoms with Gasteiger partial charge in [0.05, 0.1) is 26.4 Å². The maximum absolute atomic E-state index is 11.1. The van der Waals surface area contributed by atoms with Crippen LogP contribution in [0.4, 0.5) is 0 Å². The van der Waals surface area contributed by atoms with Crippen LogP contribution >= 0.6 is 0 Å². The molecule has 37 heavy (non-hydrogen) atoms. The van der Waals surface area contributed by atoms with Crippen LogP contribution in [0, 0.1) is 11.8 Å². The van der Waals surface area contributed by atoms with Crippen LogP contribution < -0.4 is 0 Å². The van der Waals surface area contributed by atoms with Gasteiger partial charge < -0.3 is 19.1 Å². The highest BCUT2D eigenvalue weighted by Crippen LogP contribution is 2.45. The molecule has 0 aromatic carbocycles. The molecule has 1 rings (SSSR count). The van der Waals surface area contributed by atoms with E-state index in [9.17, 15) is 4.79 Å². The minimum atomic E-state index is -0.0659. The number of ether oxygens (including phenoxy) is 3. The number of rotatable bonds is 28. The van der Waals surface area contributed by atoms with Crippen LogP contribution in [-0.2, 0) is 19.0 Å². The van der Waals surface area contributed by atoms with Gasteiger partial charge in [0.2, 0.25) is 0 Å². The number of likely N-dealkylation sites (N-methyl/N-ethyl adjacent to an activating group) is 1. The van der Waals surface area contributed by atoms with E-state index in [0.29, 0.717) is 12.5 Å². The molecule has 0 radical (unpaired) electrons. The second-order valence-corrected chi connectivity index (χ2v) is 11.7. The van der Waals surface area contributed by atoms with E-state index in [1.165, 1.54) is 123 Å². The number of methoxy groups -OCH3 is 1. The van der Waals surface area contributed by atoms with Crippen molar-refractivity contribution in [2.45, 2.75) is 141 Å². The van der Waals surface area contributed by atoms with E-state index in [4.69, 9.17) is 14.2 Å². The van der Waals surface area contributed by atoms with E-state index in [-0.39, 0.29) is 5.97 Å². The van der Waals surface area contributed by atoms with Crippen LogP contribution in [0.3, 0.4) is 0 Å². The first-order valence-corrected chi connectivity index (χ1v) is 16.0. The summed E-state index contributed by atoms with van der Waals surface area (Å²) < 4.78 is 16.6. The van der Waals surface area contributed by atoms with E-state index >= 15 is 0 Å². The zero-order valence-electron chi connectivity index (χ0n) is 25.3. The van der Waals surface area contributed by atoms with E-state index in [1.54, 1.807) is 0 Å². The van der Waals surface area contributed by atoms with Crippen molar-refractivity contribution in [2.24, 2.45) is 11.8 Å². The van der Waals surface area contributed by atoms with E-state index < -0.39 is 0 Å². The van der Waals surface area contributed by atoms with Crippen LogP contribution in [0.1, 0.15) is 135 Å². The Kier molecular flexibility index (Phi) is 22.7. The van der Waals surface area contributed by atoms with Gasteiger partial charge in [0.25, 0.3) is 0 Å². The summed E-state index contributed by atoms with van der Waals surface area (Å²) in [6, 6.07) is 0.359. The minimum absolute atomic E-state index is 0.0659. The molecule has 3 atom stereocenters. The smallest absolute Gasteiger partial charge is 0.305 e. The second kappa shape index (κ2) is 24.4. The summed E-state index contributed by atoms with van der Waals surface area (Å²) in [7, 11) is 5.73. The van der Waals surface area contributed by atoms with Gasteiger partial charge in [-0.3, -0.25) is 4.79 Å². The number of carbonyl (C=O) groups is 1. The largest absolute Gasteiger partial charge is 0.469 e. The molecular formula is C32H63NO4. The quantitative estimate of drug-likeness (QED) is 0.0761. The van der Waals surface area contributed by atoms with Crippen molar-refractivity contribution in [1.82, 2.24) is 4.90 Å². The average molecular weight is 526 g/mol. The van der Waals surface area contributed by atoms with E-state index in [2.05, 4.69) is 25.9 Å². The lowest BCUT2D eigenvalue weighted by Gasteiger charge is -2.24. The average Bonchev–Trinajstić information content (AvgIpc) is 3.64. The van der Waals surface area contributed by atoms with Crippen molar-refractivity contribution < 1.29 is 19.0 Å². The third kappa shape index (κ3) is 20.9. The van der Waals surface area contributed by atoms with Gasteiger partial charge in [-0.25, -0.2) is 0 Å². The number of esters is 1. The molecule has 0 N–H and O–H groups in total. The Morgan fingerprint density at radius 1 is 0.703 bits per heavy atom. The molecule has 0 amide bonds. The maximum atomic E-state index is 11.1. The first-order valence-electron chi connectivity index (χ1n) is 16.0. The molecule has 1 fully saturated rings. The van der Waals surface area contributed by atoms with Gasteiger partial charge >= 0.3 is 5.97 Å². The second-order valence-electron chi connectivity index (χ2n) is 11.7. The molecule has 0 saturated heterocycles. The number of hydrogen-bond acceptors (Lipinski definition) is 5. The first-order chi connectivity index (χ1) is 18.1. The minimum Gasteiger partial charge on any atom is -0.469 e. The Bertz CT molecular complexity index is 513. The fraction of sp³-hybridized carbons (Fsp3) is 0.969. The number of carbonyl (C=O) groups excluding carboxylic acids is 1. The Morgan fingerprint density at radius 3 is 1.65 bits per heavy atom. The molecule has 5 nitrogen and oxygen atoms in total. The Morgan fingerprint density at radius 2 is 1.16 bits per heavy atom. The monoisotopic (exact) mass is 525 g/mol. The Balaban J connectivity index is 1.83. The predicted octanol–water partition coefficient (Wildman–Crippen LogP) is 8.19. The summed E-state index contributed by atoms with van der Waals surface area (Å²) in [5.74, 6) is 1.96. The fourth-order valence-corrected chi connectivity index (χ4v) is 5.24. The molecule has 0 spiro atoms. The molecule has 0 bridgehead atoms. The number of hydrogen-bond donors (Lipinski definition) is 0. The van der Waals surface area contributed by atoms with Crippen LogP contribution in [0.15, 0.2) is 0 Å². The summed E-state index contributed by atoms with van der Waals surface area (Å²) in [6.07, 6.45) is 25.6. The van der Waals surface area contributed by atoms with Crippen LogP contribution in [0.25, 0.3) is 0 Å². The highest BCUT2D eigenvalue weighted by atomic mass is 16.5. The molecule has 1 saturated carbocycles. The summed E-state index contributed by atoms with van der Waals surface area (Å²) in [6.45, 7) is 5.59. The normalized spacial score (nSPS) is 17.9. The summed E-state index contributed by atoms with van der Waals surface area (Å²) in [5.41, 5.74) is 0. The molecular weight excluding hydrogens is 462 g/mol. The predicted molar refractivity (Wildman–Crippen MR) is 156 cm³/mol. The topological polar surface area (TPSA) is 48.0 Å². The summed E-state index contributed by atoms with van der Waals surface area (Å²) in [5, 5.41) is 0. The lowest BCUT2D eigenvalue weighted by atomic mass is 10.0. The fourth-order valence-electron chi connectivity index (χ4n) is 5.24.